The van der Waals surface area contributed by atoms with E-state index in [0.29, 0.717) is 0 Å². The first-order chi connectivity index (χ1) is 9.74. The summed E-state index contributed by atoms with van der Waals surface area (Å²) in [6.45, 7) is 4.22. The Kier molecular flexibility index (Phi) is 3.33. The molecule has 3 aromatic rings. The number of hydrogen-bond donors (Lipinski definition) is 2. The van der Waals surface area contributed by atoms with Crippen molar-refractivity contribution >= 4 is 16.9 Å². The molecule has 0 aromatic carbocycles. The molecule has 0 spiro atoms. The van der Waals surface area contributed by atoms with Crippen molar-refractivity contribution in [1.29, 1.82) is 0 Å². The lowest BCUT2D eigenvalue weighted by Gasteiger charge is -2.15. The second-order valence-corrected chi connectivity index (χ2v) is 4.98. The molecule has 0 radical (unpaired) electrons. The Bertz CT molecular complexity index is 719. The lowest BCUT2D eigenvalue weighted by Crippen LogP contribution is -2.20. The highest BCUT2D eigenvalue weighted by molar-refractivity contribution is 5.86. The van der Waals surface area contributed by atoms with Crippen LogP contribution in [0.3, 0.4) is 0 Å². The van der Waals surface area contributed by atoms with Crippen molar-refractivity contribution in [3.8, 4) is 0 Å². The molecule has 0 amide bonds. The summed E-state index contributed by atoms with van der Waals surface area (Å²) in [7, 11) is 0. The van der Waals surface area contributed by atoms with E-state index in [0.717, 1.165) is 29.0 Å². The molecule has 2 N–H and O–H groups in total. The molecule has 0 aliphatic heterocycles. The van der Waals surface area contributed by atoms with E-state index in [-0.39, 0.29) is 6.04 Å². The van der Waals surface area contributed by atoms with Crippen LogP contribution in [0.4, 0.5) is 5.82 Å². The zero-order valence-corrected chi connectivity index (χ0v) is 11.6. The van der Waals surface area contributed by atoms with Crippen molar-refractivity contribution in [2.45, 2.75) is 26.3 Å². The predicted octanol–water partition coefficient (Wildman–Crippen LogP) is 2.70. The van der Waals surface area contributed by atoms with Crippen molar-refractivity contribution in [3.05, 3.63) is 48.2 Å². The average molecular weight is 267 g/mol. The molecular weight excluding hydrogens is 250 g/mol. The second-order valence-electron chi connectivity index (χ2n) is 4.98. The molecule has 102 valence electrons. The lowest BCUT2D eigenvalue weighted by atomic mass is 10.1. The summed E-state index contributed by atoms with van der Waals surface area (Å²) in [6, 6.07) is 6.28. The van der Waals surface area contributed by atoms with Gasteiger partial charge < -0.3 is 10.3 Å². The molecule has 0 unspecified atom stereocenters. The minimum Gasteiger partial charge on any atom is -0.367 e. The summed E-state index contributed by atoms with van der Waals surface area (Å²) < 4.78 is 0. The van der Waals surface area contributed by atoms with Crippen molar-refractivity contribution in [3.63, 3.8) is 0 Å². The van der Waals surface area contributed by atoms with Crippen LogP contribution < -0.4 is 5.32 Å². The number of nitrogens with one attached hydrogen (secondary N) is 2. The minimum absolute atomic E-state index is 0.247. The Morgan fingerprint density at radius 1 is 1.25 bits per heavy atom. The number of aromatic nitrogens is 4. The van der Waals surface area contributed by atoms with Crippen LogP contribution in [0.1, 0.15) is 18.2 Å². The summed E-state index contributed by atoms with van der Waals surface area (Å²) >= 11 is 0. The van der Waals surface area contributed by atoms with Crippen LogP contribution in [0.15, 0.2) is 36.9 Å². The van der Waals surface area contributed by atoms with Crippen molar-refractivity contribution in [2.75, 3.05) is 5.32 Å². The first-order valence-electron chi connectivity index (χ1n) is 6.69. The van der Waals surface area contributed by atoms with Crippen LogP contribution in [-0.2, 0) is 6.42 Å². The van der Waals surface area contributed by atoms with Gasteiger partial charge in [-0.2, -0.15) is 0 Å². The molecule has 0 saturated carbocycles. The van der Waals surface area contributed by atoms with Crippen LogP contribution in [0.2, 0.25) is 0 Å². The van der Waals surface area contributed by atoms with Gasteiger partial charge >= 0.3 is 0 Å². The van der Waals surface area contributed by atoms with Crippen LogP contribution >= 0.6 is 0 Å². The first-order valence-corrected chi connectivity index (χ1v) is 6.69. The Morgan fingerprint density at radius 3 is 3.00 bits per heavy atom. The summed E-state index contributed by atoms with van der Waals surface area (Å²) in [6.07, 6.45) is 6.14. The Morgan fingerprint density at radius 2 is 2.15 bits per heavy atom. The smallest absolute Gasteiger partial charge is 0.142 e. The average Bonchev–Trinajstić information content (AvgIpc) is 2.91. The van der Waals surface area contributed by atoms with Gasteiger partial charge in [0.15, 0.2) is 0 Å². The summed E-state index contributed by atoms with van der Waals surface area (Å²) in [5.41, 5.74) is 3.19. The highest BCUT2D eigenvalue weighted by Gasteiger charge is 2.10. The number of nitrogens with zero attached hydrogens (tertiary/aromatic N) is 3. The van der Waals surface area contributed by atoms with E-state index >= 15 is 0 Å². The Balaban J connectivity index is 1.78. The van der Waals surface area contributed by atoms with Crippen molar-refractivity contribution < 1.29 is 0 Å². The quantitative estimate of drug-likeness (QED) is 0.762. The normalized spacial score (nSPS) is 12.5. The van der Waals surface area contributed by atoms with Gasteiger partial charge in [-0.05, 0) is 31.5 Å². The topological polar surface area (TPSA) is 66.5 Å². The van der Waals surface area contributed by atoms with Gasteiger partial charge in [-0.1, -0.05) is 6.07 Å². The zero-order chi connectivity index (χ0) is 13.9. The number of aryl methyl sites for hydroxylation is 1. The number of aromatic amines is 1. The van der Waals surface area contributed by atoms with E-state index in [9.17, 15) is 0 Å². The maximum absolute atomic E-state index is 4.43. The minimum atomic E-state index is 0.247. The maximum atomic E-state index is 4.43. The number of hydrogen-bond acceptors (Lipinski definition) is 4. The third-order valence-corrected chi connectivity index (χ3v) is 3.35. The molecule has 5 heteroatoms. The van der Waals surface area contributed by atoms with Gasteiger partial charge in [0.1, 0.15) is 17.8 Å². The van der Waals surface area contributed by atoms with Gasteiger partial charge in [0.2, 0.25) is 0 Å². The summed E-state index contributed by atoms with van der Waals surface area (Å²) in [4.78, 5) is 16.0. The van der Waals surface area contributed by atoms with E-state index in [1.54, 1.807) is 6.33 Å². The molecule has 1 atom stereocenters. The molecular formula is C15H17N5. The van der Waals surface area contributed by atoms with Gasteiger partial charge in [0, 0.05) is 30.6 Å². The molecule has 3 heterocycles. The SMILES string of the molecule is Cc1cccnc1C[C@H](C)Nc1ncnc2[nH]ccc12. The molecule has 5 nitrogen and oxygen atoms in total. The van der Waals surface area contributed by atoms with E-state index in [4.69, 9.17) is 0 Å². The van der Waals surface area contributed by atoms with Gasteiger partial charge in [-0.15, -0.1) is 0 Å². The van der Waals surface area contributed by atoms with Crippen LogP contribution in [0, 0.1) is 6.92 Å². The van der Waals surface area contributed by atoms with Gasteiger partial charge in [0.05, 0.1) is 5.39 Å². The molecule has 3 rings (SSSR count). The Hall–Kier alpha value is -2.43. The fourth-order valence-corrected chi connectivity index (χ4v) is 2.29. The van der Waals surface area contributed by atoms with Crippen LogP contribution in [0.25, 0.3) is 11.0 Å². The molecule has 0 fully saturated rings. The number of H-pyrrole nitrogens is 1. The number of anilines is 1. The fourth-order valence-electron chi connectivity index (χ4n) is 2.29. The molecule has 0 aliphatic carbocycles. The lowest BCUT2D eigenvalue weighted by molar-refractivity contribution is 0.761. The highest BCUT2D eigenvalue weighted by Crippen LogP contribution is 2.19. The largest absolute Gasteiger partial charge is 0.367 e. The van der Waals surface area contributed by atoms with Crippen LogP contribution in [-0.4, -0.2) is 26.0 Å². The molecule has 3 aromatic heterocycles. The fraction of sp³-hybridized carbons (Fsp3) is 0.267. The summed E-state index contributed by atoms with van der Waals surface area (Å²) in [5, 5.41) is 4.45. The van der Waals surface area contributed by atoms with Crippen LogP contribution in [0.5, 0.6) is 0 Å². The Labute approximate surface area is 117 Å². The summed E-state index contributed by atoms with van der Waals surface area (Å²) in [5.74, 6) is 0.859. The van der Waals surface area contributed by atoms with Crippen molar-refractivity contribution in [2.24, 2.45) is 0 Å². The molecule has 20 heavy (non-hydrogen) atoms. The van der Waals surface area contributed by atoms with Gasteiger partial charge in [-0.25, -0.2) is 9.97 Å². The third kappa shape index (κ3) is 2.47. The third-order valence-electron chi connectivity index (χ3n) is 3.35. The number of pyridine rings is 1. The first kappa shape index (κ1) is 12.6. The van der Waals surface area contributed by atoms with Gasteiger partial charge in [0.25, 0.3) is 0 Å². The monoisotopic (exact) mass is 267 g/mol. The van der Waals surface area contributed by atoms with Crippen molar-refractivity contribution in [1.82, 2.24) is 19.9 Å². The van der Waals surface area contributed by atoms with E-state index < -0.39 is 0 Å². The predicted molar refractivity (Wildman–Crippen MR) is 79.7 cm³/mol. The number of fused-ring (bicyclic) bond motifs is 1. The molecule has 0 aliphatic rings. The van der Waals surface area contributed by atoms with E-state index in [1.165, 1.54) is 5.56 Å². The standard InChI is InChI=1S/C15H17N5/c1-10-4-3-6-16-13(10)8-11(2)20-15-12-5-7-17-14(12)18-9-19-15/h3-7,9,11H,8H2,1-2H3,(H2,17,18,19,20)/t11-/m0/s1. The van der Waals surface area contributed by atoms with E-state index in [2.05, 4.69) is 45.2 Å². The zero-order valence-electron chi connectivity index (χ0n) is 11.6. The van der Waals surface area contributed by atoms with Gasteiger partial charge in [-0.3, -0.25) is 4.98 Å². The maximum Gasteiger partial charge on any atom is 0.142 e. The molecule has 0 saturated heterocycles. The second kappa shape index (κ2) is 5.28. The molecule has 0 bridgehead atoms. The number of rotatable bonds is 4. The van der Waals surface area contributed by atoms with E-state index in [1.807, 2.05) is 24.5 Å². The highest BCUT2D eigenvalue weighted by atomic mass is 15.0.